The number of benzene rings is 1. The van der Waals surface area contributed by atoms with E-state index in [0.29, 0.717) is 12.2 Å². The molecule has 5 heteroatoms. The molecule has 0 aliphatic carbocycles. The molecule has 1 amide bonds. The molecular formula is C15H14FN3O. The van der Waals surface area contributed by atoms with Gasteiger partial charge in [-0.1, -0.05) is 6.07 Å². The second-order valence-electron chi connectivity index (χ2n) is 4.76. The number of hydrogen-bond donors (Lipinski definition) is 1. The van der Waals surface area contributed by atoms with Crippen LogP contribution in [0.15, 0.2) is 36.7 Å². The van der Waals surface area contributed by atoms with Crippen LogP contribution in [-0.2, 0) is 6.42 Å². The Hall–Kier alpha value is -2.43. The van der Waals surface area contributed by atoms with Gasteiger partial charge in [0, 0.05) is 24.1 Å². The van der Waals surface area contributed by atoms with Gasteiger partial charge in [-0.25, -0.2) is 4.39 Å². The van der Waals surface area contributed by atoms with E-state index in [1.165, 1.54) is 12.3 Å². The summed E-state index contributed by atoms with van der Waals surface area (Å²) < 4.78 is 13.7. The number of fused-ring (bicyclic) bond motifs is 1. The van der Waals surface area contributed by atoms with Crippen LogP contribution in [0.2, 0.25) is 0 Å². The minimum absolute atomic E-state index is 0.0373. The lowest BCUT2D eigenvalue weighted by molar-refractivity contribution is 0.0981. The lowest BCUT2D eigenvalue weighted by atomic mass is 9.99. The normalized spacial score (nSPS) is 13.9. The van der Waals surface area contributed by atoms with Crippen LogP contribution in [0.5, 0.6) is 0 Å². The molecule has 1 aromatic heterocycles. The standard InChI is InChI=1S/C15H14FN3O/c16-12-9-18-7-6-10(12)15(20)19-8-2-3-11-13(17)4-1-5-14(11)19/h1,4-7,9H,2-3,8,17H2. The first-order valence-electron chi connectivity index (χ1n) is 6.47. The molecule has 0 unspecified atom stereocenters. The summed E-state index contributed by atoms with van der Waals surface area (Å²) in [6.45, 7) is 0.567. The Kier molecular flexibility index (Phi) is 3.10. The van der Waals surface area contributed by atoms with Gasteiger partial charge >= 0.3 is 0 Å². The minimum Gasteiger partial charge on any atom is -0.398 e. The Morgan fingerprint density at radius 3 is 3.00 bits per heavy atom. The molecule has 2 N–H and O–H groups in total. The fourth-order valence-corrected chi connectivity index (χ4v) is 2.56. The molecule has 0 atom stereocenters. The number of carbonyl (C=O) groups is 1. The highest BCUT2D eigenvalue weighted by molar-refractivity contribution is 6.07. The lowest BCUT2D eigenvalue weighted by Crippen LogP contribution is -2.36. The molecule has 0 saturated carbocycles. The van der Waals surface area contributed by atoms with Crippen molar-refractivity contribution in [3.05, 3.63) is 53.6 Å². The van der Waals surface area contributed by atoms with Crippen molar-refractivity contribution in [1.82, 2.24) is 4.98 Å². The first-order chi connectivity index (χ1) is 9.68. The van der Waals surface area contributed by atoms with Crippen molar-refractivity contribution >= 4 is 17.3 Å². The summed E-state index contributed by atoms with van der Waals surface area (Å²) in [5.41, 5.74) is 8.40. The predicted octanol–water partition coefficient (Wildman–Crippen LogP) is 2.40. The molecule has 20 heavy (non-hydrogen) atoms. The first kappa shape index (κ1) is 12.6. The maximum absolute atomic E-state index is 13.7. The van der Waals surface area contributed by atoms with E-state index in [-0.39, 0.29) is 11.5 Å². The SMILES string of the molecule is Nc1cccc2c1CCCN2C(=O)c1ccncc1F. The van der Waals surface area contributed by atoms with E-state index < -0.39 is 5.82 Å². The third kappa shape index (κ3) is 2.01. The van der Waals surface area contributed by atoms with Gasteiger partial charge in [-0.15, -0.1) is 0 Å². The second kappa shape index (κ2) is 4.92. The van der Waals surface area contributed by atoms with Gasteiger partial charge in [-0.3, -0.25) is 9.78 Å². The Balaban J connectivity index is 2.03. The van der Waals surface area contributed by atoms with E-state index in [1.54, 1.807) is 4.90 Å². The molecule has 1 aliphatic heterocycles. The lowest BCUT2D eigenvalue weighted by Gasteiger charge is -2.30. The van der Waals surface area contributed by atoms with Crippen LogP contribution in [0.4, 0.5) is 15.8 Å². The molecule has 3 rings (SSSR count). The van der Waals surface area contributed by atoms with Crippen molar-refractivity contribution in [2.24, 2.45) is 0 Å². The number of rotatable bonds is 1. The summed E-state index contributed by atoms with van der Waals surface area (Å²) >= 11 is 0. The molecular weight excluding hydrogens is 257 g/mol. The minimum atomic E-state index is -0.603. The van der Waals surface area contributed by atoms with Crippen LogP contribution < -0.4 is 10.6 Å². The highest BCUT2D eigenvalue weighted by atomic mass is 19.1. The number of nitrogens with zero attached hydrogens (tertiary/aromatic N) is 2. The average molecular weight is 271 g/mol. The Morgan fingerprint density at radius 2 is 2.20 bits per heavy atom. The van der Waals surface area contributed by atoms with Crippen molar-refractivity contribution in [1.29, 1.82) is 0 Å². The van der Waals surface area contributed by atoms with Crippen molar-refractivity contribution in [2.75, 3.05) is 17.2 Å². The molecule has 0 spiro atoms. The number of aromatic nitrogens is 1. The fraction of sp³-hybridized carbons (Fsp3) is 0.200. The molecule has 102 valence electrons. The van der Waals surface area contributed by atoms with E-state index in [9.17, 15) is 9.18 Å². The third-order valence-corrected chi connectivity index (χ3v) is 3.53. The zero-order chi connectivity index (χ0) is 14.1. The van der Waals surface area contributed by atoms with Crippen LogP contribution in [0.1, 0.15) is 22.3 Å². The van der Waals surface area contributed by atoms with Gasteiger partial charge in [-0.05, 0) is 36.6 Å². The van der Waals surface area contributed by atoms with Crippen molar-refractivity contribution in [3.63, 3.8) is 0 Å². The monoisotopic (exact) mass is 271 g/mol. The molecule has 2 heterocycles. The van der Waals surface area contributed by atoms with Gasteiger partial charge in [0.2, 0.25) is 0 Å². The molecule has 0 radical (unpaired) electrons. The average Bonchev–Trinajstić information content (AvgIpc) is 2.47. The van der Waals surface area contributed by atoms with Crippen molar-refractivity contribution in [3.8, 4) is 0 Å². The zero-order valence-electron chi connectivity index (χ0n) is 10.8. The van der Waals surface area contributed by atoms with Gasteiger partial charge in [0.15, 0.2) is 5.82 Å². The molecule has 0 fully saturated rings. The van der Waals surface area contributed by atoms with E-state index >= 15 is 0 Å². The van der Waals surface area contributed by atoms with Gasteiger partial charge in [-0.2, -0.15) is 0 Å². The van der Waals surface area contributed by atoms with Crippen LogP contribution in [0, 0.1) is 5.82 Å². The van der Waals surface area contributed by atoms with E-state index in [4.69, 9.17) is 5.73 Å². The van der Waals surface area contributed by atoms with Gasteiger partial charge in [0.1, 0.15) is 0 Å². The highest BCUT2D eigenvalue weighted by Gasteiger charge is 2.26. The topological polar surface area (TPSA) is 59.2 Å². The molecule has 4 nitrogen and oxygen atoms in total. The maximum atomic E-state index is 13.7. The molecule has 2 aromatic rings. The van der Waals surface area contributed by atoms with Gasteiger partial charge in [0.05, 0.1) is 11.8 Å². The second-order valence-corrected chi connectivity index (χ2v) is 4.76. The van der Waals surface area contributed by atoms with Crippen LogP contribution >= 0.6 is 0 Å². The number of carbonyl (C=O) groups excluding carboxylic acids is 1. The number of halogens is 1. The van der Waals surface area contributed by atoms with E-state index in [1.807, 2.05) is 18.2 Å². The third-order valence-electron chi connectivity index (χ3n) is 3.53. The number of pyridine rings is 1. The smallest absolute Gasteiger partial charge is 0.261 e. The number of anilines is 2. The summed E-state index contributed by atoms with van der Waals surface area (Å²) in [4.78, 5) is 17.8. The number of nitrogen functional groups attached to an aromatic ring is 1. The number of hydrogen-bond acceptors (Lipinski definition) is 3. The summed E-state index contributed by atoms with van der Waals surface area (Å²) in [6, 6.07) is 6.88. The molecule has 1 aromatic carbocycles. The Bertz CT molecular complexity index is 672. The van der Waals surface area contributed by atoms with E-state index in [0.717, 1.165) is 30.3 Å². The van der Waals surface area contributed by atoms with Crippen LogP contribution in [-0.4, -0.2) is 17.4 Å². The van der Waals surface area contributed by atoms with Gasteiger partial charge < -0.3 is 10.6 Å². The van der Waals surface area contributed by atoms with E-state index in [2.05, 4.69) is 4.98 Å². The summed E-state index contributed by atoms with van der Waals surface area (Å²) in [5, 5.41) is 0. The Labute approximate surface area is 116 Å². The van der Waals surface area contributed by atoms with Gasteiger partial charge in [0.25, 0.3) is 5.91 Å². The first-order valence-corrected chi connectivity index (χ1v) is 6.47. The van der Waals surface area contributed by atoms with Crippen molar-refractivity contribution < 1.29 is 9.18 Å². The van der Waals surface area contributed by atoms with Crippen molar-refractivity contribution in [2.45, 2.75) is 12.8 Å². The number of amides is 1. The summed E-state index contributed by atoms with van der Waals surface area (Å²) in [6.07, 6.45) is 4.13. The largest absolute Gasteiger partial charge is 0.398 e. The predicted molar refractivity (Wildman–Crippen MR) is 75.0 cm³/mol. The zero-order valence-corrected chi connectivity index (χ0v) is 10.8. The summed E-state index contributed by atoms with van der Waals surface area (Å²) in [7, 11) is 0. The Morgan fingerprint density at radius 1 is 1.35 bits per heavy atom. The molecule has 0 saturated heterocycles. The number of nitrogens with two attached hydrogens (primary N) is 1. The highest BCUT2D eigenvalue weighted by Crippen LogP contribution is 2.32. The van der Waals surface area contributed by atoms with Crippen LogP contribution in [0.3, 0.4) is 0 Å². The maximum Gasteiger partial charge on any atom is 0.261 e. The fourth-order valence-electron chi connectivity index (χ4n) is 2.56. The van der Waals surface area contributed by atoms with Crippen LogP contribution in [0.25, 0.3) is 0 Å². The summed E-state index contributed by atoms with van der Waals surface area (Å²) in [5.74, 6) is -0.954. The molecule has 0 bridgehead atoms. The quantitative estimate of drug-likeness (QED) is 0.810. The molecule has 1 aliphatic rings.